The Morgan fingerprint density at radius 2 is 2.19 bits per heavy atom. The predicted molar refractivity (Wildman–Crippen MR) is 78.0 cm³/mol. The molecule has 1 aliphatic heterocycles. The molecule has 6 heteroatoms. The van der Waals surface area contributed by atoms with Gasteiger partial charge in [0.15, 0.2) is 5.82 Å². The molecule has 1 aliphatic rings. The van der Waals surface area contributed by atoms with Gasteiger partial charge >= 0.3 is 0 Å². The minimum atomic E-state index is 0.321. The lowest BCUT2D eigenvalue weighted by Crippen LogP contribution is -2.21. The summed E-state index contributed by atoms with van der Waals surface area (Å²) < 4.78 is 5.42. The normalized spacial score (nSPS) is 22.1. The molecule has 2 N–H and O–H groups in total. The van der Waals surface area contributed by atoms with Gasteiger partial charge in [-0.25, -0.2) is 4.98 Å². The van der Waals surface area contributed by atoms with Crippen LogP contribution in [0.4, 0.5) is 0 Å². The molecule has 1 saturated heterocycles. The van der Waals surface area contributed by atoms with Gasteiger partial charge in [0, 0.05) is 6.04 Å². The number of hydrogen-bond acceptors (Lipinski definition) is 5. The Bertz CT molecular complexity index is 729. The monoisotopic (exact) mass is 283 g/mol. The van der Waals surface area contributed by atoms with E-state index in [1.807, 2.05) is 24.3 Å². The van der Waals surface area contributed by atoms with Gasteiger partial charge in [-0.2, -0.15) is 4.98 Å². The summed E-state index contributed by atoms with van der Waals surface area (Å²) in [7, 11) is 0. The van der Waals surface area contributed by atoms with E-state index in [-0.39, 0.29) is 0 Å². The van der Waals surface area contributed by atoms with Crippen molar-refractivity contribution in [1.29, 1.82) is 0 Å². The topological polar surface area (TPSA) is 79.6 Å². The van der Waals surface area contributed by atoms with Crippen LogP contribution in [0.25, 0.3) is 11.0 Å². The number of benzene rings is 1. The number of rotatable bonds is 3. The number of imidazole rings is 1. The molecule has 0 radical (unpaired) electrons. The van der Waals surface area contributed by atoms with E-state index in [1.165, 1.54) is 0 Å². The Kier molecular flexibility index (Phi) is 2.96. The molecule has 0 saturated carbocycles. The van der Waals surface area contributed by atoms with Crippen LogP contribution in [0.1, 0.15) is 36.8 Å². The molecule has 0 aliphatic carbocycles. The molecule has 0 amide bonds. The minimum absolute atomic E-state index is 0.321. The maximum atomic E-state index is 5.42. The summed E-state index contributed by atoms with van der Waals surface area (Å²) in [5.41, 5.74) is 2.00. The zero-order valence-corrected chi connectivity index (χ0v) is 11.8. The summed E-state index contributed by atoms with van der Waals surface area (Å²) >= 11 is 0. The van der Waals surface area contributed by atoms with E-state index in [0.29, 0.717) is 24.2 Å². The summed E-state index contributed by atoms with van der Waals surface area (Å²) in [6.45, 7) is 3.16. The summed E-state index contributed by atoms with van der Waals surface area (Å²) in [6.07, 6.45) is 1.61. The van der Waals surface area contributed by atoms with Crippen LogP contribution >= 0.6 is 0 Å². The molecule has 108 valence electrons. The van der Waals surface area contributed by atoms with E-state index in [4.69, 9.17) is 4.52 Å². The average molecular weight is 283 g/mol. The number of fused-ring (bicyclic) bond motifs is 1. The molecule has 1 fully saturated rings. The van der Waals surface area contributed by atoms with E-state index in [1.54, 1.807) is 0 Å². The van der Waals surface area contributed by atoms with Gasteiger partial charge in [-0.15, -0.1) is 0 Å². The lowest BCUT2D eigenvalue weighted by Gasteiger charge is -2.08. The van der Waals surface area contributed by atoms with Crippen molar-refractivity contribution >= 4 is 11.0 Å². The first-order chi connectivity index (χ1) is 10.3. The summed E-state index contributed by atoms with van der Waals surface area (Å²) in [5.74, 6) is 2.60. The fourth-order valence-electron chi connectivity index (χ4n) is 2.93. The molecule has 0 bridgehead atoms. The minimum Gasteiger partial charge on any atom is -0.342 e. The molecule has 4 rings (SSSR count). The highest BCUT2D eigenvalue weighted by atomic mass is 16.5. The SMILES string of the molecule is CC1NCCC1c1nc(Cc2nc3ccccc3[nH]2)no1. The number of hydrogen-bond donors (Lipinski definition) is 2. The Hall–Kier alpha value is -2.21. The lowest BCUT2D eigenvalue weighted by atomic mass is 10.0. The number of para-hydroxylation sites is 2. The van der Waals surface area contributed by atoms with Gasteiger partial charge in [0.25, 0.3) is 0 Å². The van der Waals surface area contributed by atoms with Gasteiger partial charge in [0.1, 0.15) is 5.82 Å². The second kappa shape index (κ2) is 4.96. The summed E-state index contributed by atoms with van der Waals surface area (Å²) in [4.78, 5) is 12.4. The van der Waals surface area contributed by atoms with Crippen LogP contribution in [0.15, 0.2) is 28.8 Å². The van der Waals surface area contributed by atoms with Gasteiger partial charge in [0.2, 0.25) is 5.89 Å². The molecule has 3 aromatic rings. The largest absolute Gasteiger partial charge is 0.342 e. The van der Waals surface area contributed by atoms with E-state index in [2.05, 4.69) is 32.3 Å². The van der Waals surface area contributed by atoms with Crippen molar-refractivity contribution in [2.75, 3.05) is 6.54 Å². The maximum Gasteiger partial charge on any atom is 0.231 e. The zero-order chi connectivity index (χ0) is 14.2. The Morgan fingerprint density at radius 1 is 1.29 bits per heavy atom. The third-order valence-corrected chi connectivity index (χ3v) is 4.09. The smallest absolute Gasteiger partial charge is 0.231 e. The number of nitrogens with zero attached hydrogens (tertiary/aromatic N) is 3. The van der Waals surface area contributed by atoms with Crippen LogP contribution in [0.2, 0.25) is 0 Å². The first kappa shape index (κ1) is 12.5. The predicted octanol–water partition coefficient (Wildman–Crippen LogP) is 2.00. The molecule has 2 aromatic heterocycles. The lowest BCUT2D eigenvalue weighted by molar-refractivity contribution is 0.342. The van der Waals surface area contributed by atoms with Crippen molar-refractivity contribution in [3.63, 3.8) is 0 Å². The fraction of sp³-hybridized carbons (Fsp3) is 0.400. The molecule has 21 heavy (non-hydrogen) atoms. The average Bonchev–Trinajstić information content (AvgIpc) is 3.17. The molecule has 6 nitrogen and oxygen atoms in total. The number of aromatic nitrogens is 4. The third kappa shape index (κ3) is 2.31. The second-order valence-electron chi connectivity index (χ2n) is 5.56. The molecule has 0 spiro atoms. The maximum absolute atomic E-state index is 5.42. The first-order valence-corrected chi connectivity index (χ1v) is 7.29. The van der Waals surface area contributed by atoms with Crippen LogP contribution in [0.5, 0.6) is 0 Å². The quantitative estimate of drug-likeness (QED) is 0.768. The zero-order valence-electron chi connectivity index (χ0n) is 11.8. The van der Waals surface area contributed by atoms with Gasteiger partial charge in [0.05, 0.1) is 23.4 Å². The molecule has 3 heterocycles. The van der Waals surface area contributed by atoms with Crippen molar-refractivity contribution in [3.05, 3.63) is 41.8 Å². The summed E-state index contributed by atoms with van der Waals surface area (Å²) in [6, 6.07) is 8.37. The summed E-state index contributed by atoms with van der Waals surface area (Å²) in [5, 5.41) is 7.49. The van der Waals surface area contributed by atoms with Crippen molar-refractivity contribution in [1.82, 2.24) is 25.4 Å². The standard InChI is InChI=1S/C15H17N5O/c1-9-10(6-7-16-9)15-19-14(20-21-15)8-13-17-11-4-2-3-5-12(11)18-13/h2-5,9-10,16H,6-8H2,1H3,(H,17,18). The van der Waals surface area contributed by atoms with E-state index < -0.39 is 0 Å². The number of H-pyrrole nitrogens is 1. The highest BCUT2D eigenvalue weighted by Crippen LogP contribution is 2.26. The highest BCUT2D eigenvalue weighted by molar-refractivity contribution is 5.74. The van der Waals surface area contributed by atoms with Crippen LogP contribution < -0.4 is 5.32 Å². The van der Waals surface area contributed by atoms with E-state index in [9.17, 15) is 0 Å². The van der Waals surface area contributed by atoms with Crippen LogP contribution in [0.3, 0.4) is 0 Å². The second-order valence-corrected chi connectivity index (χ2v) is 5.56. The van der Waals surface area contributed by atoms with Gasteiger partial charge in [-0.1, -0.05) is 17.3 Å². The molecule has 2 unspecified atom stereocenters. The van der Waals surface area contributed by atoms with Crippen molar-refractivity contribution < 1.29 is 4.52 Å². The van der Waals surface area contributed by atoms with Gasteiger partial charge < -0.3 is 14.8 Å². The van der Waals surface area contributed by atoms with Gasteiger partial charge in [-0.3, -0.25) is 0 Å². The van der Waals surface area contributed by atoms with Crippen molar-refractivity contribution in [3.8, 4) is 0 Å². The Labute approximate surface area is 122 Å². The van der Waals surface area contributed by atoms with Crippen LogP contribution in [-0.4, -0.2) is 32.7 Å². The fourth-order valence-corrected chi connectivity index (χ4v) is 2.93. The van der Waals surface area contributed by atoms with Crippen LogP contribution in [0, 0.1) is 0 Å². The van der Waals surface area contributed by atoms with Gasteiger partial charge in [-0.05, 0) is 32.0 Å². The highest BCUT2D eigenvalue weighted by Gasteiger charge is 2.29. The van der Waals surface area contributed by atoms with E-state index >= 15 is 0 Å². The molecular formula is C15H17N5O. The molecular weight excluding hydrogens is 266 g/mol. The van der Waals surface area contributed by atoms with Crippen molar-refractivity contribution in [2.45, 2.75) is 31.7 Å². The van der Waals surface area contributed by atoms with Crippen LogP contribution in [-0.2, 0) is 6.42 Å². The Morgan fingerprint density at radius 3 is 3.00 bits per heavy atom. The molecule has 1 aromatic carbocycles. The Balaban J connectivity index is 1.55. The van der Waals surface area contributed by atoms with Crippen molar-refractivity contribution in [2.24, 2.45) is 0 Å². The third-order valence-electron chi connectivity index (χ3n) is 4.09. The first-order valence-electron chi connectivity index (χ1n) is 7.29. The van der Waals surface area contributed by atoms with E-state index in [0.717, 1.165) is 35.7 Å². The number of aromatic amines is 1. The molecule has 2 atom stereocenters. The number of nitrogens with one attached hydrogen (secondary N) is 2.